The zero-order valence-electron chi connectivity index (χ0n) is 22.4. The summed E-state index contributed by atoms with van der Waals surface area (Å²) in [5.41, 5.74) is 1.70. The number of piperazine rings is 1. The van der Waals surface area contributed by atoms with E-state index in [4.69, 9.17) is 14.8 Å². The van der Waals surface area contributed by atoms with E-state index < -0.39 is 10.2 Å². The summed E-state index contributed by atoms with van der Waals surface area (Å²) in [5, 5.41) is 4.83. The molecule has 1 aliphatic heterocycles. The van der Waals surface area contributed by atoms with Gasteiger partial charge in [-0.25, -0.2) is 9.50 Å². The molecule has 1 aromatic carbocycles. The van der Waals surface area contributed by atoms with Crippen LogP contribution in [-0.2, 0) is 10.2 Å². The van der Waals surface area contributed by atoms with Crippen molar-refractivity contribution in [3.63, 3.8) is 0 Å². The average molecular weight is 544 g/mol. The number of hydrogen-bond acceptors (Lipinski definition) is 7. The van der Waals surface area contributed by atoms with Crippen LogP contribution in [0.3, 0.4) is 0 Å². The molecule has 0 bridgehead atoms. The van der Waals surface area contributed by atoms with Gasteiger partial charge in [0.05, 0.1) is 23.6 Å². The van der Waals surface area contributed by atoms with Gasteiger partial charge >= 0.3 is 10.2 Å². The Morgan fingerprint density at radius 3 is 2.58 bits per heavy atom. The third kappa shape index (κ3) is 5.43. The number of nitrogens with one attached hydrogen (secondary N) is 2. The number of ether oxygens (including phenoxy) is 1. The molecule has 12 heteroatoms. The Kier molecular flexibility index (Phi) is 7.73. The van der Waals surface area contributed by atoms with Gasteiger partial charge in [0.15, 0.2) is 11.3 Å². The molecule has 1 aliphatic carbocycles. The van der Waals surface area contributed by atoms with Crippen LogP contribution in [0.15, 0.2) is 23.0 Å². The number of nitrogens with zero attached hydrogens (tertiary/aromatic N) is 5. The third-order valence-electron chi connectivity index (χ3n) is 7.42. The van der Waals surface area contributed by atoms with Gasteiger partial charge in [0, 0.05) is 32.1 Å². The molecule has 0 unspecified atom stereocenters. The number of H-pyrrole nitrogens is 1. The van der Waals surface area contributed by atoms with Gasteiger partial charge in [-0.2, -0.15) is 12.7 Å². The van der Waals surface area contributed by atoms with Gasteiger partial charge in [-0.15, -0.1) is 5.10 Å². The van der Waals surface area contributed by atoms with Gasteiger partial charge < -0.3 is 14.6 Å². The second-order valence-corrected chi connectivity index (χ2v) is 12.0. The highest BCUT2D eigenvalue weighted by molar-refractivity contribution is 7.90. The minimum absolute atomic E-state index is 0.254. The summed E-state index contributed by atoms with van der Waals surface area (Å²) in [6.45, 7) is 6.52. The standard InChI is InChI=1S/C26H37N7O4S/c1-4-16-37-22-11-10-20(30-38(35,36)32-14-12-31(3)13-15-32)17-21(22)24-28-26(34)23-18(2)27-25(33(23)29-24)19-8-6-5-7-9-19/h10-11,17,19,30H,4-9,12-16H2,1-3H3,(H,28,29,34). The van der Waals surface area contributed by atoms with Crippen LogP contribution in [-0.4, -0.2) is 77.0 Å². The van der Waals surface area contributed by atoms with Crippen molar-refractivity contribution in [3.8, 4) is 17.1 Å². The predicted molar refractivity (Wildman–Crippen MR) is 147 cm³/mol. The van der Waals surface area contributed by atoms with Crippen LogP contribution in [0.4, 0.5) is 5.69 Å². The van der Waals surface area contributed by atoms with Gasteiger partial charge in [0.25, 0.3) is 5.56 Å². The smallest absolute Gasteiger partial charge is 0.301 e. The highest BCUT2D eigenvalue weighted by atomic mass is 32.2. The quantitative estimate of drug-likeness (QED) is 0.447. The number of benzene rings is 1. The van der Waals surface area contributed by atoms with E-state index in [2.05, 4.69) is 14.6 Å². The van der Waals surface area contributed by atoms with E-state index in [-0.39, 0.29) is 11.5 Å². The van der Waals surface area contributed by atoms with Crippen LogP contribution in [0.5, 0.6) is 5.75 Å². The van der Waals surface area contributed by atoms with Crippen molar-refractivity contribution in [2.24, 2.45) is 0 Å². The Morgan fingerprint density at radius 2 is 1.87 bits per heavy atom. The summed E-state index contributed by atoms with van der Waals surface area (Å²) in [5.74, 6) is 1.90. The first-order chi connectivity index (χ1) is 18.3. The first-order valence-corrected chi connectivity index (χ1v) is 14.9. The van der Waals surface area contributed by atoms with Crippen LogP contribution in [0.25, 0.3) is 16.9 Å². The monoisotopic (exact) mass is 543 g/mol. The van der Waals surface area contributed by atoms with E-state index in [1.165, 1.54) is 10.7 Å². The molecule has 2 aromatic heterocycles. The van der Waals surface area contributed by atoms with Gasteiger partial charge in [-0.3, -0.25) is 9.52 Å². The van der Waals surface area contributed by atoms with Crippen molar-refractivity contribution in [2.75, 3.05) is 44.6 Å². The number of likely N-dealkylation sites (N-methyl/N-ethyl adjacent to an activating group) is 1. The summed E-state index contributed by atoms with van der Waals surface area (Å²) >= 11 is 0. The maximum absolute atomic E-state index is 13.2. The Labute approximate surface area is 223 Å². The highest BCUT2D eigenvalue weighted by Gasteiger charge is 2.27. The van der Waals surface area contributed by atoms with Gasteiger partial charge in [0.2, 0.25) is 0 Å². The fraction of sp³-hybridized carbons (Fsp3) is 0.577. The van der Waals surface area contributed by atoms with Crippen molar-refractivity contribution in [1.29, 1.82) is 0 Å². The molecule has 2 fully saturated rings. The molecule has 0 amide bonds. The summed E-state index contributed by atoms with van der Waals surface area (Å²) in [6, 6.07) is 5.07. The number of aromatic nitrogens is 4. The van der Waals surface area contributed by atoms with Crippen molar-refractivity contribution in [1.82, 2.24) is 28.8 Å². The highest BCUT2D eigenvalue weighted by Crippen LogP contribution is 2.34. The first-order valence-electron chi connectivity index (χ1n) is 13.5. The molecule has 0 radical (unpaired) electrons. The normalized spacial score (nSPS) is 18.2. The van der Waals surface area contributed by atoms with Crippen LogP contribution in [0, 0.1) is 6.92 Å². The molecule has 1 saturated heterocycles. The lowest BCUT2D eigenvalue weighted by molar-refractivity contribution is 0.223. The van der Waals surface area contributed by atoms with E-state index in [0.29, 0.717) is 66.8 Å². The van der Waals surface area contributed by atoms with Gasteiger partial charge in [-0.05, 0) is 51.4 Å². The SMILES string of the molecule is CCCOc1ccc(NS(=O)(=O)N2CCN(C)CC2)cc1-c1nn2c(C3CCCCC3)nc(C)c2c(=O)[nH]1. The minimum Gasteiger partial charge on any atom is -0.493 e. The number of fused-ring (bicyclic) bond motifs is 1. The molecular formula is C26H37N7O4S. The number of aryl methyl sites for hydroxylation is 1. The maximum atomic E-state index is 13.2. The number of imidazole rings is 1. The molecule has 11 nitrogen and oxygen atoms in total. The first kappa shape index (κ1) is 26.6. The lowest BCUT2D eigenvalue weighted by Gasteiger charge is -2.31. The largest absolute Gasteiger partial charge is 0.493 e. The van der Waals surface area contributed by atoms with Crippen molar-refractivity contribution < 1.29 is 13.2 Å². The average Bonchev–Trinajstić information content (AvgIpc) is 3.25. The second-order valence-electron chi connectivity index (χ2n) is 10.3. The number of anilines is 1. The molecule has 2 N–H and O–H groups in total. The zero-order valence-corrected chi connectivity index (χ0v) is 23.2. The molecule has 3 heterocycles. The molecule has 5 rings (SSSR count). The Hall–Kier alpha value is -2.96. The van der Waals surface area contributed by atoms with E-state index in [9.17, 15) is 13.2 Å². The lowest BCUT2D eigenvalue weighted by atomic mass is 9.89. The van der Waals surface area contributed by atoms with Crippen LogP contribution < -0.4 is 15.0 Å². The number of aromatic amines is 1. The Morgan fingerprint density at radius 1 is 1.13 bits per heavy atom. The zero-order chi connectivity index (χ0) is 26.9. The van der Waals surface area contributed by atoms with Gasteiger partial charge in [0.1, 0.15) is 11.6 Å². The Bertz CT molecular complexity index is 1450. The second kappa shape index (κ2) is 11.0. The molecular weight excluding hydrogens is 506 g/mol. The molecule has 1 saturated carbocycles. The molecule has 3 aromatic rings. The van der Waals surface area contributed by atoms with Crippen LogP contribution in [0.2, 0.25) is 0 Å². The summed E-state index contributed by atoms with van der Waals surface area (Å²) in [7, 11) is -1.76. The fourth-order valence-corrected chi connectivity index (χ4v) is 6.50. The third-order valence-corrected chi connectivity index (χ3v) is 8.96. The van der Waals surface area contributed by atoms with E-state index in [1.54, 1.807) is 22.7 Å². The molecule has 206 valence electrons. The number of rotatable bonds is 8. The van der Waals surface area contributed by atoms with Crippen LogP contribution in [0.1, 0.15) is 62.9 Å². The van der Waals surface area contributed by atoms with Crippen molar-refractivity contribution >= 4 is 21.4 Å². The fourth-order valence-electron chi connectivity index (χ4n) is 5.30. The maximum Gasteiger partial charge on any atom is 0.301 e. The topological polar surface area (TPSA) is 125 Å². The molecule has 0 spiro atoms. The molecule has 38 heavy (non-hydrogen) atoms. The van der Waals surface area contributed by atoms with E-state index >= 15 is 0 Å². The molecule has 0 atom stereocenters. The number of hydrogen-bond donors (Lipinski definition) is 2. The minimum atomic E-state index is -3.74. The van der Waals surface area contributed by atoms with Crippen molar-refractivity contribution in [3.05, 3.63) is 40.1 Å². The van der Waals surface area contributed by atoms with Gasteiger partial charge in [-0.1, -0.05) is 26.2 Å². The summed E-state index contributed by atoms with van der Waals surface area (Å²) in [4.78, 5) is 23.0. The predicted octanol–water partition coefficient (Wildman–Crippen LogP) is 3.13. The lowest BCUT2D eigenvalue weighted by Crippen LogP contribution is -2.48. The van der Waals surface area contributed by atoms with Crippen LogP contribution >= 0.6 is 0 Å². The summed E-state index contributed by atoms with van der Waals surface area (Å²) in [6.07, 6.45) is 6.34. The van der Waals surface area contributed by atoms with E-state index in [0.717, 1.165) is 37.9 Å². The van der Waals surface area contributed by atoms with Crippen molar-refractivity contribution in [2.45, 2.75) is 58.3 Å². The summed E-state index contributed by atoms with van der Waals surface area (Å²) < 4.78 is 38.0. The Balaban J connectivity index is 1.55. The molecule has 2 aliphatic rings. The van der Waals surface area contributed by atoms with E-state index in [1.807, 2.05) is 20.9 Å².